The Hall–Kier alpha value is -1.68. The zero-order valence-electron chi connectivity index (χ0n) is 15.0. The highest BCUT2D eigenvalue weighted by Crippen LogP contribution is 2.37. The van der Waals surface area contributed by atoms with Crippen LogP contribution in [0.3, 0.4) is 0 Å². The molecule has 23 heavy (non-hydrogen) atoms. The van der Waals surface area contributed by atoms with Crippen LogP contribution in [-0.4, -0.2) is 19.4 Å². The summed E-state index contributed by atoms with van der Waals surface area (Å²) in [4.78, 5) is 0. The number of hydrogen-bond acceptors (Lipinski definition) is 3. The number of benzene rings is 1. The van der Waals surface area contributed by atoms with Gasteiger partial charge in [-0.15, -0.1) is 0 Å². The summed E-state index contributed by atoms with van der Waals surface area (Å²) in [6, 6.07) is 7.90. The molecule has 0 spiro atoms. The lowest BCUT2D eigenvalue weighted by molar-refractivity contribution is 0.373. The molecule has 2 rings (SSSR count). The van der Waals surface area contributed by atoms with Crippen molar-refractivity contribution in [3.63, 3.8) is 0 Å². The smallest absolute Gasteiger partial charge is 0.168 e. The van der Waals surface area contributed by atoms with Crippen molar-refractivity contribution in [1.82, 2.24) is 0 Å². The lowest BCUT2D eigenvalue weighted by Crippen LogP contribution is -2.46. The molecule has 0 saturated carbocycles. The van der Waals surface area contributed by atoms with E-state index < -0.39 is 8.07 Å². The number of ether oxygens (including phenoxy) is 1. The first-order chi connectivity index (χ1) is 10.7. The standard InChI is InChI=1S/C19H28O3Si/c1-13(2)16-10-15(11-17(14(3)4)19(16)20)22-12-23(5,6)18-8-7-9-21-18/h7-11,13-14,20H,12H2,1-6H3. The van der Waals surface area contributed by atoms with Crippen molar-refractivity contribution in [3.05, 3.63) is 41.7 Å². The van der Waals surface area contributed by atoms with Crippen molar-refractivity contribution < 1.29 is 14.3 Å². The first kappa shape index (κ1) is 17.7. The Balaban J connectivity index is 2.26. The zero-order valence-corrected chi connectivity index (χ0v) is 16.0. The van der Waals surface area contributed by atoms with Gasteiger partial charge in [-0.3, -0.25) is 0 Å². The third-order valence-corrected chi connectivity index (χ3v) is 6.66. The van der Waals surface area contributed by atoms with Crippen molar-refractivity contribution in [2.24, 2.45) is 0 Å². The third kappa shape index (κ3) is 3.99. The van der Waals surface area contributed by atoms with Gasteiger partial charge in [0.2, 0.25) is 0 Å². The van der Waals surface area contributed by atoms with Gasteiger partial charge in [-0.05, 0) is 36.1 Å². The van der Waals surface area contributed by atoms with Crippen molar-refractivity contribution in [2.45, 2.75) is 52.6 Å². The fourth-order valence-electron chi connectivity index (χ4n) is 2.61. The number of furan rings is 1. The van der Waals surface area contributed by atoms with Gasteiger partial charge in [0.15, 0.2) is 8.07 Å². The second-order valence-corrected chi connectivity index (χ2v) is 12.0. The molecular formula is C19H28O3Si. The van der Waals surface area contributed by atoms with Gasteiger partial charge < -0.3 is 14.3 Å². The van der Waals surface area contributed by atoms with E-state index in [0.717, 1.165) is 22.3 Å². The van der Waals surface area contributed by atoms with Crippen LogP contribution in [0.4, 0.5) is 0 Å². The van der Waals surface area contributed by atoms with E-state index in [0.29, 0.717) is 12.0 Å². The molecule has 0 bridgehead atoms. The number of phenols is 1. The van der Waals surface area contributed by atoms with Crippen LogP contribution < -0.4 is 10.1 Å². The first-order valence-corrected chi connectivity index (χ1v) is 11.5. The predicted octanol–water partition coefficient (Wildman–Crippen LogP) is 4.77. The van der Waals surface area contributed by atoms with Gasteiger partial charge in [0, 0.05) is 11.1 Å². The summed E-state index contributed by atoms with van der Waals surface area (Å²) >= 11 is 0. The molecule has 3 nitrogen and oxygen atoms in total. The molecule has 0 amide bonds. The third-order valence-electron chi connectivity index (χ3n) is 4.17. The van der Waals surface area contributed by atoms with E-state index in [4.69, 9.17) is 9.15 Å². The lowest BCUT2D eigenvalue weighted by atomic mass is 9.93. The van der Waals surface area contributed by atoms with Crippen LogP contribution in [0, 0.1) is 0 Å². The number of aromatic hydroxyl groups is 1. The van der Waals surface area contributed by atoms with Crippen LogP contribution in [0.5, 0.6) is 11.5 Å². The maximum atomic E-state index is 10.5. The minimum atomic E-state index is -1.76. The second-order valence-electron chi connectivity index (χ2n) is 7.41. The molecule has 1 N–H and O–H groups in total. The molecule has 126 valence electrons. The van der Waals surface area contributed by atoms with Crippen LogP contribution in [0.2, 0.25) is 13.1 Å². The molecule has 4 heteroatoms. The van der Waals surface area contributed by atoms with E-state index >= 15 is 0 Å². The van der Waals surface area contributed by atoms with Crippen molar-refractivity contribution in [2.75, 3.05) is 6.23 Å². The molecule has 0 aliphatic rings. The van der Waals surface area contributed by atoms with Crippen LogP contribution in [0.15, 0.2) is 34.9 Å². The Kier molecular flexibility index (Phi) is 5.25. The number of phenolic OH excluding ortho intramolecular Hbond substituents is 1. The molecule has 0 saturated heterocycles. The van der Waals surface area contributed by atoms with E-state index in [1.54, 1.807) is 6.26 Å². The Bertz CT molecular complexity index is 614. The molecule has 1 aromatic heterocycles. The Morgan fingerprint density at radius 1 is 1.09 bits per heavy atom. The molecule has 0 aliphatic carbocycles. The van der Waals surface area contributed by atoms with Crippen LogP contribution >= 0.6 is 0 Å². The molecule has 2 aromatic rings. The first-order valence-electron chi connectivity index (χ1n) is 8.26. The Morgan fingerprint density at radius 2 is 1.65 bits per heavy atom. The Morgan fingerprint density at radius 3 is 2.09 bits per heavy atom. The SMILES string of the molecule is CC(C)c1cc(OC[Si](C)(C)c2ccco2)cc(C(C)C)c1O. The normalized spacial score (nSPS) is 12.2. The zero-order chi connectivity index (χ0) is 17.2. The van der Waals surface area contributed by atoms with E-state index in [9.17, 15) is 5.11 Å². The molecule has 0 fully saturated rings. The maximum Gasteiger partial charge on any atom is 0.168 e. The van der Waals surface area contributed by atoms with Gasteiger partial charge in [-0.25, -0.2) is 0 Å². The van der Waals surface area contributed by atoms with Crippen molar-refractivity contribution >= 4 is 13.5 Å². The van der Waals surface area contributed by atoms with Gasteiger partial charge in [0.1, 0.15) is 11.5 Å². The van der Waals surface area contributed by atoms with Gasteiger partial charge in [0.25, 0.3) is 0 Å². The summed E-state index contributed by atoms with van der Waals surface area (Å²) in [5.41, 5.74) is 1.90. The molecular weight excluding hydrogens is 304 g/mol. The average molecular weight is 333 g/mol. The summed E-state index contributed by atoms with van der Waals surface area (Å²) in [6.07, 6.45) is 2.37. The van der Waals surface area contributed by atoms with Crippen molar-refractivity contribution in [3.8, 4) is 11.5 Å². The summed E-state index contributed by atoms with van der Waals surface area (Å²) in [6.45, 7) is 12.8. The largest absolute Gasteiger partial charge is 0.507 e. The summed E-state index contributed by atoms with van der Waals surface area (Å²) in [5, 5.41) is 11.5. The highest BCUT2D eigenvalue weighted by atomic mass is 28.3. The minimum Gasteiger partial charge on any atom is -0.507 e. The van der Waals surface area contributed by atoms with Crippen LogP contribution in [-0.2, 0) is 0 Å². The fourth-order valence-corrected chi connectivity index (χ4v) is 4.22. The summed E-state index contributed by atoms with van der Waals surface area (Å²) < 4.78 is 11.7. The molecule has 0 aliphatic heterocycles. The fraction of sp³-hybridized carbons (Fsp3) is 0.474. The molecule has 0 unspecified atom stereocenters. The maximum absolute atomic E-state index is 10.5. The predicted molar refractivity (Wildman–Crippen MR) is 97.6 cm³/mol. The van der Waals surface area contributed by atoms with Crippen LogP contribution in [0.1, 0.15) is 50.7 Å². The van der Waals surface area contributed by atoms with Gasteiger partial charge in [-0.2, -0.15) is 0 Å². The monoisotopic (exact) mass is 332 g/mol. The molecule has 1 aromatic carbocycles. The van der Waals surface area contributed by atoms with Gasteiger partial charge >= 0.3 is 0 Å². The number of rotatable bonds is 6. The Labute approximate surface area is 140 Å². The quantitative estimate of drug-likeness (QED) is 0.775. The lowest BCUT2D eigenvalue weighted by Gasteiger charge is -2.22. The van der Waals surface area contributed by atoms with E-state index in [1.807, 2.05) is 24.3 Å². The summed E-state index contributed by atoms with van der Waals surface area (Å²) in [5.74, 6) is 1.75. The highest BCUT2D eigenvalue weighted by molar-refractivity contribution is 6.88. The van der Waals surface area contributed by atoms with Gasteiger partial charge in [-0.1, -0.05) is 40.8 Å². The number of hydrogen-bond donors (Lipinski definition) is 1. The molecule has 0 atom stereocenters. The van der Waals surface area contributed by atoms with Crippen molar-refractivity contribution in [1.29, 1.82) is 0 Å². The highest BCUT2D eigenvalue weighted by Gasteiger charge is 2.28. The van der Waals surface area contributed by atoms with Crippen LogP contribution in [0.25, 0.3) is 0 Å². The average Bonchev–Trinajstić information content (AvgIpc) is 3.00. The van der Waals surface area contributed by atoms with E-state index in [-0.39, 0.29) is 11.8 Å². The topological polar surface area (TPSA) is 42.6 Å². The van der Waals surface area contributed by atoms with Gasteiger partial charge in [0.05, 0.1) is 17.9 Å². The molecule has 1 heterocycles. The molecule has 0 radical (unpaired) electrons. The second kappa shape index (κ2) is 6.83. The van der Waals surface area contributed by atoms with E-state index in [2.05, 4.69) is 40.8 Å². The minimum absolute atomic E-state index is 0.256. The van der Waals surface area contributed by atoms with E-state index in [1.165, 1.54) is 0 Å². The summed E-state index contributed by atoms with van der Waals surface area (Å²) in [7, 11) is -1.76.